The van der Waals surface area contributed by atoms with Gasteiger partial charge in [-0.3, -0.25) is 9.78 Å². The lowest BCUT2D eigenvalue weighted by Gasteiger charge is -2.32. The summed E-state index contributed by atoms with van der Waals surface area (Å²) >= 11 is 0. The summed E-state index contributed by atoms with van der Waals surface area (Å²) in [5.74, 6) is 1.17. The zero-order chi connectivity index (χ0) is 27.4. The summed E-state index contributed by atoms with van der Waals surface area (Å²) in [5.41, 5.74) is 3.65. The second kappa shape index (κ2) is 11.8. The van der Waals surface area contributed by atoms with Gasteiger partial charge in [-0.05, 0) is 70.1 Å². The van der Waals surface area contributed by atoms with Crippen molar-refractivity contribution in [1.82, 2.24) is 29.7 Å². The number of amides is 1. The van der Waals surface area contributed by atoms with Gasteiger partial charge in [0.25, 0.3) is 5.91 Å². The normalized spacial score (nSPS) is 15.7. The van der Waals surface area contributed by atoms with Crippen LogP contribution in [0.25, 0.3) is 22.3 Å². The van der Waals surface area contributed by atoms with Gasteiger partial charge in [-0.1, -0.05) is 0 Å². The van der Waals surface area contributed by atoms with Gasteiger partial charge in [-0.2, -0.15) is 0 Å². The minimum Gasteiger partial charge on any atom is -0.491 e. The summed E-state index contributed by atoms with van der Waals surface area (Å²) in [6.07, 6.45) is 4.45. The van der Waals surface area contributed by atoms with Crippen LogP contribution in [0.15, 0.2) is 54.9 Å². The maximum atomic E-state index is 13.0. The second-order valence-corrected chi connectivity index (χ2v) is 10.2. The highest BCUT2D eigenvalue weighted by atomic mass is 16.5. The van der Waals surface area contributed by atoms with Gasteiger partial charge in [0.05, 0.1) is 23.6 Å². The molecule has 3 aromatic heterocycles. The Labute approximate surface area is 228 Å². The van der Waals surface area contributed by atoms with E-state index in [4.69, 9.17) is 4.74 Å². The molecule has 4 heterocycles. The molecule has 5 rings (SSSR count). The molecule has 1 saturated heterocycles. The van der Waals surface area contributed by atoms with Crippen LogP contribution in [0.5, 0.6) is 5.75 Å². The highest BCUT2D eigenvalue weighted by molar-refractivity contribution is 5.98. The van der Waals surface area contributed by atoms with Crippen molar-refractivity contribution in [2.45, 2.75) is 38.9 Å². The molecule has 1 amide bonds. The first-order valence-electron chi connectivity index (χ1n) is 13.4. The first-order chi connectivity index (χ1) is 18.8. The number of fused-ring (bicyclic) bond motifs is 1. The zero-order valence-corrected chi connectivity index (χ0v) is 22.6. The Kier molecular flexibility index (Phi) is 8.04. The van der Waals surface area contributed by atoms with Crippen molar-refractivity contribution in [2.24, 2.45) is 0 Å². The van der Waals surface area contributed by atoms with E-state index in [0.29, 0.717) is 35.2 Å². The van der Waals surface area contributed by atoms with Crippen molar-refractivity contribution in [3.63, 3.8) is 0 Å². The third-order valence-electron chi connectivity index (χ3n) is 6.88. The third kappa shape index (κ3) is 6.71. The van der Waals surface area contributed by atoms with E-state index in [1.165, 1.54) is 0 Å². The van der Waals surface area contributed by atoms with E-state index in [0.717, 1.165) is 49.2 Å². The molecule has 0 radical (unpaired) electrons. The van der Waals surface area contributed by atoms with Crippen LogP contribution in [0.2, 0.25) is 0 Å². The van der Waals surface area contributed by atoms with E-state index in [-0.39, 0.29) is 18.1 Å². The van der Waals surface area contributed by atoms with Crippen molar-refractivity contribution in [3.05, 3.63) is 60.6 Å². The van der Waals surface area contributed by atoms with Crippen LogP contribution < -0.4 is 10.1 Å². The fraction of sp³-hybridized carbons (Fsp3) is 0.379. The average molecular weight is 530 g/mol. The Bertz CT molecular complexity index is 1430. The number of anilines is 2. The molecule has 39 heavy (non-hydrogen) atoms. The number of H-pyrrole nitrogens is 1. The van der Waals surface area contributed by atoms with Gasteiger partial charge in [-0.15, -0.1) is 0 Å². The number of aromatic amines is 1. The van der Waals surface area contributed by atoms with Crippen LogP contribution in [0.4, 0.5) is 11.6 Å². The number of aliphatic hydroxyl groups excluding tert-OH is 1. The number of aliphatic hydroxyl groups is 1. The summed E-state index contributed by atoms with van der Waals surface area (Å²) < 4.78 is 6.01. The third-order valence-corrected chi connectivity index (χ3v) is 6.88. The summed E-state index contributed by atoms with van der Waals surface area (Å²) in [6.45, 7) is 7.00. The molecule has 1 fully saturated rings. The van der Waals surface area contributed by atoms with Gasteiger partial charge in [0, 0.05) is 61.2 Å². The lowest BCUT2D eigenvalue weighted by molar-refractivity contribution is 0.0659. The number of pyridine rings is 1. The topological polar surface area (TPSA) is 119 Å². The number of nitrogens with one attached hydrogen (secondary N) is 2. The molecule has 0 spiro atoms. The Morgan fingerprint density at radius 2 is 1.82 bits per heavy atom. The Morgan fingerprint density at radius 3 is 2.62 bits per heavy atom. The zero-order valence-electron chi connectivity index (χ0n) is 22.6. The van der Waals surface area contributed by atoms with Crippen molar-refractivity contribution in [3.8, 4) is 17.1 Å². The minimum absolute atomic E-state index is 0.0286. The highest BCUT2D eigenvalue weighted by Gasteiger charge is 2.21. The van der Waals surface area contributed by atoms with E-state index < -0.39 is 0 Å². The average Bonchev–Trinajstić information content (AvgIpc) is 3.36. The number of carbonyl (C=O) groups is 1. The predicted octanol–water partition coefficient (Wildman–Crippen LogP) is 4.08. The predicted molar refractivity (Wildman–Crippen MR) is 151 cm³/mol. The minimum atomic E-state index is -0.347. The smallest absolute Gasteiger partial charge is 0.270 e. The lowest BCUT2D eigenvalue weighted by Crippen LogP contribution is -2.47. The van der Waals surface area contributed by atoms with E-state index in [9.17, 15) is 9.90 Å². The molecular formula is C29H35N7O3. The van der Waals surface area contributed by atoms with E-state index in [2.05, 4.69) is 37.2 Å². The van der Waals surface area contributed by atoms with Gasteiger partial charge in [-0.25, -0.2) is 9.97 Å². The maximum absolute atomic E-state index is 13.0. The van der Waals surface area contributed by atoms with Crippen molar-refractivity contribution < 1.29 is 14.6 Å². The van der Waals surface area contributed by atoms with E-state index in [1.54, 1.807) is 25.4 Å². The molecule has 2 atom stereocenters. The molecule has 1 aliphatic rings. The van der Waals surface area contributed by atoms with Gasteiger partial charge < -0.3 is 29.9 Å². The molecule has 4 aromatic rings. The van der Waals surface area contributed by atoms with Crippen molar-refractivity contribution in [1.29, 1.82) is 0 Å². The SMILES string of the molecule is CC(O)CCC(C)Oc1ccnc(-c2ccnc(Nc3ccc4[nH]c(C(=O)N5CCN(C)CC5)cc4c3)n2)c1. The summed E-state index contributed by atoms with van der Waals surface area (Å²) in [5, 5.41) is 13.7. The molecule has 2 unspecified atom stereocenters. The second-order valence-electron chi connectivity index (χ2n) is 10.2. The highest BCUT2D eigenvalue weighted by Crippen LogP contribution is 2.25. The Morgan fingerprint density at radius 1 is 1.03 bits per heavy atom. The quantitative estimate of drug-likeness (QED) is 0.297. The number of aromatic nitrogens is 4. The van der Waals surface area contributed by atoms with Gasteiger partial charge >= 0.3 is 0 Å². The number of hydrogen-bond acceptors (Lipinski definition) is 8. The van der Waals surface area contributed by atoms with Crippen molar-refractivity contribution >= 4 is 28.4 Å². The molecule has 0 bridgehead atoms. The standard InChI is InChI=1S/C29H35N7O3/c1-19(37)4-5-20(2)39-23-8-10-30-26(18-23)25-9-11-31-29(34-25)32-22-6-7-24-21(16-22)17-27(33-24)28(38)36-14-12-35(3)13-15-36/h6-11,16-20,33,37H,4-5,12-15H2,1-3H3,(H,31,32,34). The summed E-state index contributed by atoms with van der Waals surface area (Å²) in [7, 11) is 2.07. The monoisotopic (exact) mass is 529 g/mol. The van der Waals surface area contributed by atoms with Gasteiger partial charge in [0.15, 0.2) is 0 Å². The molecular weight excluding hydrogens is 494 g/mol. The van der Waals surface area contributed by atoms with E-state index in [1.807, 2.05) is 48.2 Å². The first kappa shape index (κ1) is 26.6. The van der Waals surface area contributed by atoms with Crippen molar-refractivity contribution in [2.75, 3.05) is 38.5 Å². The number of likely N-dealkylation sites (N-methyl/N-ethyl adjacent to an activating group) is 1. The molecule has 1 aromatic carbocycles. The fourth-order valence-corrected chi connectivity index (χ4v) is 4.59. The first-order valence-corrected chi connectivity index (χ1v) is 13.4. The Hall–Kier alpha value is -4.02. The molecule has 3 N–H and O–H groups in total. The number of piperazine rings is 1. The molecule has 10 heteroatoms. The number of hydrogen-bond donors (Lipinski definition) is 3. The molecule has 0 saturated carbocycles. The number of ether oxygens (including phenoxy) is 1. The summed E-state index contributed by atoms with van der Waals surface area (Å²) in [4.78, 5) is 33.9. The number of nitrogens with zero attached hydrogens (tertiary/aromatic N) is 5. The van der Waals surface area contributed by atoms with Gasteiger partial charge in [0.1, 0.15) is 11.4 Å². The lowest BCUT2D eigenvalue weighted by atomic mass is 10.1. The molecule has 10 nitrogen and oxygen atoms in total. The van der Waals surface area contributed by atoms with Crippen LogP contribution in [0, 0.1) is 0 Å². The maximum Gasteiger partial charge on any atom is 0.270 e. The number of benzene rings is 1. The number of rotatable bonds is 9. The molecule has 1 aliphatic heterocycles. The molecule has 0 aliphatic carbocycles. The van der Waals surface area contributed by atoms with E-state index >= 15 is 0 Å². The van der Waals surface area contributed by atoms with Crippen LogP contribution in [-0.2, 0) is 0 Å². The fourth-order valence-electron chi connectivity index (χ4n) is 4.59. The Balaban J connectivity index is 1.28. The van der Waals surface area contributed by atoms with Crippen LogP contribution in [0.1, 0.15) is 37.2 Å². The van der Waals surface area contributed by atoms with Gasteiger partial charge in [0.2, 0.25) is 5.95 Å². The summed E-state index contributed by atoms with van der Waals surface area (Å²) in [6, 6.07) is 13.2. The molecule has 204 valence electrons. The van der Waals surface area contributed by atoms with Crippen LogP contribution >= 0.6 is 0 Å². The number of carbonyl (C=O) groups excluding carboxylic acids is 1. The largest absolute Gasteiger partial charge is 0.491 e. The van der Waals surface area contributed by atoms with Crippen LogP contribution in [-0.4, -0.2) is 86.2 Å². The van der Waals surface area contributed by atoms with Crippen LogP contribution in [0.3, 0.4) is 0 Å².